The molecule has 1 aromatic rings. The van der Waals surface area contributed by atoms with Gasteiger partial charge in [0, 0.05) is 12.6 Å². The number of nitrogens with one attached hydrogen (secondary N) is 1. The first-order valence-electron chi connectivity index (χ1n) is 6.62. The van der Waals surface area contributed by atoms with Crippen LogP contribution in [-0.2, 0) is 6.54 Å². The Morgan fingerprint density at radius 3 is 2.74 bits per heavy atom. The average molecular weight is 260 g/mol. The SMILES string of the molecule is COc1ccc(CNC2CCCC2C#N)cc1OC. The van der Waals surface area contributed by atoms with Crippen molar-refractivity contribution in [1.29, 1.82) is 5.26 Å². The predicted molar refractivity (Wildman–Crippen MR) is 73.1 cm³/mol. The van der Waals surface area contributed by atoms with E-state index in [1.54, 1.807) is 14.2 Å². The molecule has 0 heterocycles. The van der Waals surface area contributed by atoms with Crippen molar-refractivity contribution in [2.45, 2.75) is 31.8 Å². The first-order chi connectivity index (χ1) is 9.28. The number of nitrogens with zero attached hydrogens (tertiary/aromatic N) is 1. The van der Waals surface area contributed by atoms with Gasteiger partial charge in [-0.25, -0.2) is 0 Å². The lowest BCUT2D eigenvalue weighted by atomic mass is 10.1. The minimum atomic E-state index is 0.153. The highest BCUT2D eigenvalue weighted by molar-refractivity contribution is 5.42. The molecule has 4 heteroatoms. The molecule has 0 radical (unpaired) electrons. The van der Waals surface area contributed by atoms with E-state index in [1.807, 2.05) is 18.2 Å². The summed E-state index contributed by atoms with van der Waals surface area (Å²) in [5.41, 5.74) is 1.14. The zero-order chi connectivity index (χ0) is 13.7. The molecule has 1 N–H and O–H groups in total. The Morgan fingerprint density at radius 2 is 2.05 bits per heavy atom. The summed E-state index contributed by atoms with van der Waals surface area (Å²) in [7, 11) is 3.27. The lowest BCUT2D eigenvalue weighted by Crippen LogP contribution is -2.31. The molecular formula is C15H20N2O2. The van der Waals surface area contributed by atoms with Crippen molar-refractivity contribution in [3.05, 3.63) is 23.8 Å². The van der Waals surface area contributed by atoms with Crippen molar-refractivity contribution >= 4 is 0 Å². The molecule has 0 aromatic heterocycles. The Hall–Kier alpha value is -1.73. The van der Waals surface area contributed by atoms with Crippen LogP contribution in [0.3, 0.4) is 0 Å². The summed E-state index contributed by atoms with van der Waals surface area (Å²) in [6, 6.07) is 8.60. The summed E-state index contributed by atoms with van der Waals surface area (Å²) in [6.45, 7) is 0.753. The van der Waals surface area contributed by atoms with Crippen LogP contribution < -0.4 is 14.8 Å². The number of rotatable bonds is 5. The minimum absolute atomic E-state index is 0.153. The summed E-state index contributed by atoms with van der Waals surface area (Å²) in [4.78, 5) is 0. The van der Waals surface area contributed by atoms with Gasteiger partial charge in [-0.3, -0.25) is 0 Å². The summed E-state index contributed by atoms with van der Waals surface area (Å²) in [5.74, 6) is 1.63. The first-order valence-corrected chi connectivity index (χ1v) is 6.62. The molecule has 1 fully saturated rings. The number of methoxy groups -OCH3 is 2. The summed E-state index contributed by atoms with van der Waals surface area (Å²) in [5, 5.41) is 12.5. The quantitative estimate of drug-likeness (QED) is 0.883. The van der Waals surface area contributed by atoms with Crippen LogP contribution in [0.1, 0.15) is 24.8 Å². The van der Waals surface area contributed by atoms with Crippen LogP contribution in [0.4, 0.5) is 0 Å². The van der Waals surface area contributed by atoms with Crippen molar-refractivity contribution in [1.82, 2.24) is 5.32 Å². The fraction of sp³-hybridized carbons (Fsp3) is 0.533. The second-order valence-corrected chi connectivity index (χ2v) is 4.84. The van der Waals surface area contributed by atoms with Crippen LogP contribution in [0.2, 0.25) is 0 Å². The zero-order valence-corrected chi connectivity index (χ0v) is 11.5. The monoisotopic (exact) mass is 260 g/mol. The van der Waals surface area contributed by atoms with Gasteiger partial charge in [0.1, 0.15) is 0 Å². The van der Waals surface area contributed by atoms with Crippen LogP contribution in [0, 0.1) is 17.2 Å². The average Bonchev–Trinajstić information content (AvgIpc) is 2.92. The Labute approximate surface area is 114 Å². The van der Waals surface area contributed by atoms with E-state index in [9.17, 15) is 0 Å². The van der Waals surface area contributed by atoms with Crippen LogP contribution in [0.25, 0.3) is 0 Å². The number of ether oxygens (including phenoxy) is 2. The number of hydrogen-bond acceptors (Lipinski definition) is 4. The molecular weight excluding hydrogens is 240 g/mol. The van der Waals surface area contributed by atoms with Gasteiger partial charge >= 0.3 is 0 Å². The van der Waals surface area contributed by atoms with Gasteiger partial charge in [0.05, 0.1) is 26.2 Å². The van der Waals surface area contributed by atoms with Crippen molar-refractivity contribution in [2.75, 3.05) is 14.2 Å². The minimum Gasteiger partial charge on any atom is -0.493 e. The maximum Gasteiger partial charge on any atom is 0.161 e. The molecule has 1 aliphatic rings. The van der Waals surface area contributed by atoms with Gasteiger partial charge in [0.15, 0.2) is 11.5 Å². The van der Waals surface area contributed by atoms with E-state index >= 15 is 0 Å². The van der Waals surface area contributed by atoms with Crippen molar-refractivity contribution < 1.29 is 9.47 Å². The van der Waals surface area contributed by atoms with Crippen LogP contribution in [-0.4, -0.2) is 20.3 Å². The molecule has 2 atom stereocenters. The third-order valence-corrected chi connectivity index (χ3v) is 3.70. The van der Waals surface area contributed by atoms with E-state index in [1.165, 1.54) is 0 Å². The van der Waals surface area contributed by atoms with Gasteiger partial charge in [0.25, 0.3) is 0 Å². The summed E-state index contributed by atoms with van der Waals surface area (Å²) < 4.78 is 10.5. The molecule has 0 bridgehead atoms. The lowest BCUT2D eigenvalue weighted by molar-refractivity contribution is 0.354. The first kappa shape index (κ1) is 13.7. The molecule has 2 rings (SSSR count). The molecule has 0 aliphatic heterocycles. The number of hydrogen-bond donors (Lipinski definition) is 1. The van der Waals surface area contributed by atoms with Gasteiger partial charge in [-0.15, -0.1) is 0 Å². The van der Waals surface area contributed by atoms with Crippen molar-refractivity contribution in [3.8, 4) is 17.6 Å². The fourth-order valence-corrected chi connectivity index (χ4v) is 2.60. The van der Waals surface area contributed by atoms with Crippen LogP contribution in [0.15, 0.2) is 18.2 Å². The maximum absolute atomic E-state index is 9.06. The van der Waals surface area contributed by atoms with Crippen LogP contribution in [0.5, 0.6) is 11.5 Å². The topological polar surface area (TPSA) is 54.3 Å². The standard InChI is InChI=1S/C15H20N2O2/c1-18-14-7-6-11(8-15(14)19-2)10-17-13-5-3-4-12(13)9-16/h6-8,12-13,17H,3-5,10H2,1-2H3. The Morgan fingerprint density at radius 1 is 1.26 bits per heavy atom. The molecule has 102 valence electrons. The smallest absolute Gasteiger partial charge is 0.161 e. The highest BCUT2D eigenvalue weighted by Crippen LogP contribution is 2.28. The van der Waals surface area contributed by atoms with Gasteiger partial charge < -0.3 is 14.8 Å². The third-order valence-electron chi connectivity index (χ3n) is 3.70. The van der Waals surface area contributed by atoms with Gasteiger partial charge in [0.2, 0.25) is 0 Å². The molecule has 1 aliphatic carbocycles. The predicted octanol–water partition coefficient (Wildman–Crippen LogP) is 2.49. The Balaban J connectivity index is 1.98. The Kier molecular flexibility index (Phi) is 4.64. The van der Waals surface area contributed by atoms with E-state index in [4.69, 9.17) is 14.7 Å². The van der Waals surface area contributed by atoms with E-state index < -0.39 is 0 Å². The Bertz CT molecular complexity index is 468. The third kappa shape index (κ3) is 3.18. The van der Waals surface area contributed by atoms with Gasteiger partial charge in [-0.2, -0.15) is 5.26 Å². The van der Waals surface area contributed by atoms with E-state index in [2.05, 4.69) is 11.4 Å². The molecule has 2 unspecified atom stereocenters. The summed E-state index contributed by atoms with van der Waals surface area (Å²) >= 11 is 0. The molecule has 1 aromatic carbocycles. The molecule has 0 amide bonds. The zero-order valence-electron chi connectivity index (χ0n) is 11.5. The van der Waals surface area contributed by atoms with Gasteiger partial charge in [-0.05, 0) is 30.5 Å². The second-order valence-electron chi connectivity index (χ2n) is 4.84. The van der Waals surface area contributed by atoms with Gasteiger partial charge in [-0.1, -0.05) is 12.5 Å². The normalized spacial score (nSPS) is 21.9. The molecule has 4 nitrogen and oxygen atoms in total. The molecule has 0 saturated heterocycles. The molecule has 1 saturated carbocycles. The highest BCUT2D eigenvalue weighted by atomic mass is 16.5. The number of benzene rings is 1. The van der Waals surface area contributed by atoms with E-state index in [0.717, 1.165) is 42.9 Å². The van der Waals surface area contributed by atoms with E-state index in [-0.39, 0.29) is 5.92 Å². The van der Waals surface area contributed by atoms with Crippen molar-refractivity contribution in [3.63, 3.8) is 0 Å². The van der Waals surface area contributed by atoms with E-state index in [0.29, 0.717) is 6.04 Å². The molecule has 19 heavy (non-hydrogen) atoms. The van der Waals surface area contributed by atoms with Crippen molar-refractivity contribution in [2.24, 2.45) is 5.92 Å². The molecule has 0 spiro atoms. The largest absolute Gasteiger partial charge is 0.493 e. The fourth-order valence-electron chi connectivity index (χ4n) is 2.60. The second kappa shape index (κ2) is 6.44. The summed E-state index contributed by atoms with van der Waals surface area (Å²) in [6.07, 6.45) is 3.24. The maximum atomic E-state index is 9.06. The van der Waals surface area contributed by atoms with Crippen LogP contribution >= 0.6 is 0 Å². The highest BCUT2D eigenvalue weighted by Gasteiger charge is 2.26. The number of nitriles is 1. The lowest BCUT2D eigenvalue weighted by Gasteiger charge is -2.16.